The molecule has 0 amide bonds. The van der Waals surface area contributed by atoms with Crippen LogP contribution in [-0.4, -0.2) is 65.1 Å². The molecule has 0 aliphatic carbocycles. The van der Waals surface area contributed by atoms with E-state index in [-0.39, 0.29) is 29.6 Å². The van der Waals surface area contributed by atoms with Gasteiger partial charge in [-0.1, -0.05) is 0 Å². The summed E-state index contributed by atoms with van der Waals surface area (Å²) in [5.74, 6) is 0. The van der Waals surface area contributed by atoms with Crippen LogP contribution in [0.5, 0.6) is 0 Å². The Morgan fingerprint density at radius 1 is 1.10 bits per heavy atom. The second-order valence-electron chi connectivity index (χ2n) is 1.45. The molecule has 0 radical (unpaired) electrons. The van der Waals surface area contributed by atoms with Crippen molar-refractivity contribution in [2.45, 2.75) is 0 Å². The minimum atomic E-state index is -2.33. The van der Waals surface area contributed by atoms with Gasteiger partial charge in [0.15, 0.2) is 0 Å². The second kappa shape index (κ2) is 7.12. The maximum absolute atomic E-state index is 5.00. The van der Waals surface area contributed by atoms with E-state index in [9.17, 15) is 0 Å². The topological polar surface area (TPSA) is 27.7 Å². The van der Waals surface area contributed by atoms with Crippen molar-refractivity contribution in [3.63, 3.8) is 0 Å². The van der Waals surface area contributed by atoms with Crippen molar-refractivity contribution in [2.24, 2.45) is 0 Å². The van der Waals surface area contributed by atoms with Gasteiger partial charge in [0.25, 0.3) is 0 Å². The second-order valence-corrected chi connectivity index (χ2v) is 5.31. The van der Waals surface area contributed by atoms with Crippen LogP contribution in [-0.2, 0) is 13.3 Å². The van der Waals surface area contributed by atoms with Gasteiger partial charge in [0.1, 0.15) is 0 Å². The molecule has 0 aliphatic rings. The summed E-state index contributed by atoms with van der Waals surface area (Å²) in [4.78, 5) is 0. The van der Waals surface area contributed by atoms with Gasteiger partial charge in [0, 0.05) is 21.3 Å². The van der Waals surface area contributed by atoms with E-state index >= 15 is 0 Å². The van der Waals surface area contributed by atoms with Crippen LogP contribution >= 0.6 is 12.6 Å². The number of hydrogen-bond donors (Lipinski definition) is 1. The Bertz CT molecular complexity index is 63.4. The van der Waals surface area contributed by atoms with Crippen LogP contribution in [0.15, 0.2) is 0 Å². The summed E-state index contributed by atoms with van der Waals surface area (Å²) < 4.78 is 15.0. The SMILES string of the molecule is CO[Si](CS)(OC)OC.[NaH]. The van der Waals surface area contributed by atoms with Crippen LogP contribution in [0.2, 0.25) is 0 Å². The zero-order chi connectivity index (χ0) is 7.33. The molecule has 0 bridgehead atoms. The molecule has 0 aromatic carbocycles. The molecule has 0 heterocycles. The van der Waals surface area contributed by atoms with Crippen LogP contribution in [0.3, 0.4) is 0 Å². The van der Waals surface area contributed by atoms with E-state index in [2.05, 4.69) is 12.6 Å². The standard InChI is InChI=1S/C4H12O3SSi.Na.H/c1-5-9(4-8,6-2)7-3;;/h8H,4H2,1-3H3;;. The summed E-state index contributed by atoms with van der Waals surface area (Å²) in [6.07, 6.45) is 0. The monoisotopic (exact) mass is 192 g/mol. The van der Waals surface area contributed by atoms with Gasteiger partial charge in [0.05, 0.1) is 5.38 Å². The molecular weight excluding hydrogens is 179 g/mol. The zero-order valence-corrected chi connectivity index (χ0v) is 7.77. The molecule has 0 fully saturated rings. The average molecular weight is 192 g/mol. The van der Waals surface area contributed by atoms with E-state index in [0.29, 0.717) is 5.38 Å². The van der Waals surface area contributed by atoms with Gasteiger partial charge in [-0.15, -0.1) is 0 Å². The first-order valence-electron chi connectivity index (χ1n) is 2.51. The Morgan fingerprint density at radius 3 is 1.40 bits per heavy atom. The molecule has 0 aromatic rings. The van der Waals surface area contributed by atoms with Crippen molar-refractivity contribution in [2.75, 3.05) is 26.7 Å². The average Bonchev–Trinajstić information content (AvgIpc) is 1.95. The fourth-order valence-electron chi connectivity index (χ4n) is 0.444. The van der Waals surface area contributed by atoms with Gasteiger partial charge in [-0.2, -0.15) is 12.6 Å². The first-order chi connectivity index (χ1) is 4.24. The van der Waals surface area contributed by atoms with E-state index in [1.165, 1.54) is 0 Å². The third kappa shape index (κ3) is 3.73. The van der Waals surface area contributed by atoms with Crippen LogP contribution in [0.1, 0.15) is 0 Å². The van der Waals surface area contributed by atoms with Gasteiger partial charge < -0.3 is 13.3 Å². The summed E-state index contributed by atoms with van der Waals surface area (Å²) in [7, 11) is 2.37. The summed E-state index contributed by atoms with van der Waals surface area (Å²) in [6.45, 7) is 0. The van der Waals surface area contributed by atoms with Gasteiger partial charge >= 0.3 is 38.4 Å². The predicted molar refractivity (Wildman–Crippen MR) is 47.8 cm³/mol. The first kappa shape index (κ1) is 14.0. The van der Waals surface area contributed by atoms with Crippen LogP contribution < -0.4 is 0 Å². The predicted octanol–water partition coefficient (Wildman–Crippen LogP) is -0.315. The first-order valence-corrected chi connectivity index (χ1v) is 5.07. The Hall–Kier alpha value is 1.45. The van der Waals surface area contributed by atoms with Crippen LogP contribution in [0, 0.1) is 0 Å². The molecule has 0 saturated heterocycles. The Balaban J connectivity index is 0. The molecule has 0 rings (SSSR count). The van der Waals surface area contributed by atoms with E-state index in [1.54, 1.807) is 21.3 Å². The van der Waals surface area contributed by atoms with Gasteiger partial charge in [-0.3, -0.25) is 0 Å². The van der Waals surface area contributed by atoms with Crippen molar-refractivity contribution in [3.05, 3.63) is 0 Å². The minimum absolute atomic E-state index is 0. The van der Waals surface area contributed by atoms with Crippen molar-refractivity contribution in [1.82, 2.24) is 0 Å². The van der Waals surface area contributed by atoms with Crippen molar-refractivity contribution >= 4 is 51.0 Å². The molecule has 0 aromatic heterocycles. The molecule has 6 heteroatoms. The summed E-state index contributed by atoms with van der Waals surface area (Å²) in [5, 5.41) is 0.510. The number of hydrogen-bond acceptors (Lipinski definition) is 4. The van der Waals surface area contributed by atoms with Crippen molar-refractivity contribution in [1.29, 1.82) is 0 Å². The molecule has 0 saturated carbocycles. The van der Waals surface area contributed by atoms with Crippen molar-refractivity contribution < 1.29 is 13.3 Å². The molecule has 0 N–H and O–H groups in total. The van der Waals surface area contributed by atoms with Crippen LogP contribution in [0.4, 0.5) is 0 Å². The van der Waals surface area contributed by atoms with Gasteiger partial charge in [-0.25, -0.2) is 0 Å². The summed E-state index contributed by atoms with van der Waals surface area (Å²) in [5.41, 5.74) is 0. The molecule has 0 atom stereocenters. The fraction of sp³-hybridized carbons (Fsp3) is 1.00. The molecule has 0 unspecified atom stereocenters. The van der Waals surface area contributed by atoms with Gasteiger partial charge in [-0.05, 0) is 0 Å². The maximum atomic E-state index is 5.00. The van der Waals surface area contributed by atoms with Crippen LogP contribution in [0.25, 0.3) is 0 Å². The molecule has 3 nitrogen and oxygen atoms in total. The molecular formula is C4H13NaO3SSi. The van der Waals surface area contributed by atoms with E-state index in [0.717, 1.165) is 0 Å². The fourth-order valence-corrected chi connectivity index (χ4v) is 2.49. The third-order valence-electron chi connectivity index (χ3n) is 1.13. The van der Waals surface area contributed by atoms with E-state index in [1.807, 2.05) is 0 Å². The van der Waals surface area contributed by atoms with Gasteiger partial charge in [0.2, 0.25) is 0 Å². The summed E-state index contributed by atoms with van der Waals surface area (Å²) >= 11 is 4.03. The molecule has 0 aliphatic heterocycles. The number of thiol groups is 1. The third-order valence-corrected chi connectivity index (χ3v) is 4.54. The molecule has 58 valence electrons. The normalized spacial score (nSPS) is 10.8. The Morgan fingerprint density at radius 2 is 1.40 bits per heavy atom. The van der Waals surface area contributed by atoms with E-state index in [4.69, 9.17) is 13.3 Å². The number of rotatable bonds is 4. The summed E-state index contributed by atoms with van der Waals surface area (Å²) in [6, 6.07) is 0. The Kier molecular flexibility index (Phi) is 9.96. The molecule has 0 spiro atoms. The zero-order valence-electron chi connectivity index (χ0n) is 5.88. The van der Waals surface area contributed by atoms with E-state index < -0.39 is 8.80 Å². The van der Waals surface area contributed by atoms with Crippen molar-refractivity contribution in [3.8, 4) is 0 Å². The quantitative estimate of drug-likeness (QED) is 0.489. The molecule has 10 heavy (non-hydrogen) atoms. The Labute approximate surface area is 90.5 Å².